The molecular formula is C18H13N. The van der Waals surface area contributed by atoms with E-state index in [-0.39, 0.29) is 0 Å². The van der Waals surface area contributed by atoms with Crippen LogP contribution < -0.4 is 0 Å². The van der Waals surface area contributed by atoms with Gasteiger partial charge >= 0.3 is 0 Å². The van der Waals surface area contributed by atoms with E-state index in [1.54, 1.807) is 0 Å². The van der Waals surface area contributed by atoms with Gasteiger partial charge in [0.2, 0.25) is 0 Å². The Hall–Kier alpha value is -2.59. The van der Waals surface area contributed by atoms with Gasteiger partial charge in [-0.2, -0.15) is 5.26 Å². The molecule has 1 nitrogen and oxygen atoms in total. The molecule has 0 saturated carbocycles. The Labute approximate surface area is 112 Å². The predicted molar refractivity (Wildman–Crippen MR) is 78.8 cm³/mol. The zero-order valence-corrected chi connectivity index (χ0v) is 10.7. The molecule has 0 amide bonds. The Balaban J connectivity index is 2.38. The molecule has 0 bridgehead atoms. The first kappa shape index (κ1) is 11.5. The Morgan fingerprint density at radius 2 is 1.47 bits per heavy atom. The van der Waals surface area contributed by atoms with Crippen LogP contribution in [0.5, 0.6) is 0 Å². The lowest BCUT2D eigenvalue weighted by Gasteiger charge is -2.10. The Bertz CT molecular complexity index is 789. The molecule has 0 heterocycles. The van der Waals surface area contributed by atoms with Gasteiger partial charge in [0, 0.05) is 5.56 Å². The molecule has 3 rings (SSSR count). The third-order valence-corrected chi connectivity index (χ3v) is 3.46. The van der Waals surface area contributed by atoms with Crippen LogP contribution >= 0.6 is 0 Å². The van der Waals surface area contributed by atoms with E-state index in [0.29, 0.717) is 0 Å². The molecular weight excluding hydrogens is 230 g/mol. The minimum atomic E-state index is 0.763. The van der Waals surface area contributed by atoms with Crippen LogP contribution in [0.25, 0.3) is 21.9 Å². The van der Waals surface area contributed by atoms with E-state index < -0.39 is 0 Å². The number of rotatable bonds is 1. The molecule has 0 aromatic heterocycles. The number of benzene rings is 3. The maximum Gasteiger partial charge on any atom is 0.100 e. The first-order chi connectivity index (χ1) is 9.31. The van der Waals surface area contributed by atoms with Gasteiger partial charge in [0.15, 0.2) is 0 Å². The van der Waals surface area contributed by atoms with Gasteiger partial charge in [-0.25, -0.2) is 0 Å². The standard InChI is InChI=1S/C18H13N/c1-13-6-4-10-17(18(13)12-19)16-11-5-8-14-7-2-3-9-15(14)16/h2-11H,1H3. The summed E-state index contributed by atoms with van der Waals surface area (Å²) >= 11 is 0. The largest absolute Gasteiger partial charge is 0.192 e. The first-order valence-corrected chi connectivity index (χ1v) is 6.29. The van der Waals surface area contributed by atoms with Crippen molar-refractivity contribution in [2.75, 3.05) is 0 Å². The van der Waals surface area contributed by atoms with E-state index in [2.05, 4.69) is 30.3 Å². The Morgan fingerprint density at radius 1 is 0.789 bits per heavy atom. The minimum Gasteiger partial charge on any atom is -0.192 e. The van der Waals surface area contributed by atoms with Gasteiger partial charge < -0.3 is 0 Å². The smallest absolute Gasteiger partial charge is 0.100 e. The molecule has 0 saturated heterocycles. The molecule has 90 valence electrons. The predicted octanol–water partition coefficient (Wildman–Crippen LogP) is 4.69. The monoisotopic (exact) mass is 243 g/mol. The quantitative estimate of drug-likeness (QED) is 0.608. The van der Waals surface area contributed by atoms with Crippen molar-refractivity contribution < 1.29 is 0 Å². The molecule has 0 aliphatic rings. The summed E-state index contributed by atoms with van der Waals surface area (Å²) in [6.45, 7) is 1.98. The van der Waals surface area contributed by atoms with E-state index in [1.807, 2.05) is 43.3 Å². The highest BCUT2D eigenvalue weighted by Crippen LogP contribution is 2.31. The van der Waals surface area contributed by atoms with Crippen LogP contribution in [0.3, 0.4) is 0 Å². The van der Waals surface area contributed by atoms with Gasteiger partial charge in [0.1, 0.15) is 6.07 Å². The first-order valence-electron chi connectivity index (χ1n) is 6.29. The van der Waals surface area contributed by atoms with E-state index in [0.717, 1.165) is 22.3 Å². The van der Waals surface area contributed by atoms with Gasteiger partial charge in [0.05, 0.1) is 5.56 Å². The van der Waals surface area contributed by atoms with Crippen LogP contribution in [0.1, 0.15) is 11.1 Å². The third-order valence-electron chi connectivity index (χ3n) is 3.46. The average Bonchev–Trinajstić information content (AvgIpc) is 2.46. The number of fused-ring (bicyclic) bond motifs is 1. The SMILES string of the molecule is Cc1cccc(-c2cccc3ccccc23)c1C#N. The van der Waals surface area contributed by atoms with Crippen molar-refractivity contribution in [3.63, 3.8) is 0 Å². The van der Waals surface area contributed by atoms with E-state index >= 15 is 0 Å². The maximum absolute atomic E-state index is 9.38. The molecule has 0 atom stereocenters. The highest BCUT2D eigenvalue weighted by Gasteiger charge is 2.09. The molecule has 3 aromatic carbocycles. The van der Waals surface area contributed by atoms with Gasteiger partial charge in [-0.05, 0) is 28.8 Å². The molecule has 1 heteroatoms. The summed E-state index contributed by atoms with van der Waals surface area (Å²) in [6, 6.07) is 22.8. The summed E-state index contributed by atoms with van der Waals surface area (Å²) in [7, 11) is 0. The Morgan fingerprint density at radius 3 is 2.32 bits per heavy atom. The van der Waals surface area contributed by atoms with Crippen molar-refractivity contribution in [3.8, 4) is 17.2 Å². The van der Waals surface area contributed by atoms with E-state index in [1.165, 1.54) is 10.8 Å². The molecule has 0 aliphatic heterocycles. The molecule has 0 unspecified atom stereocenters. The van der Waals surface area contributed by atoms with Crippen molar-refractivity contribution >= 4 is 10.8 Å². The lowest BCUT2D eigenvalue weighted by molar-refractivity contribution is 1.39. The van der Waals surface area contributed by atoms with E-state index in [4.69, 9.17) is 0 Å². The summed E-state index contributed by atoms with van der Waals surface area (Å²) in [6.07, 6.45) is 0. The minimum absolute atomic E-state index is 0.763. The highest BCUT2D eigenvalue weighted by molar-refractivity contribution is 5.97. The van der Waals surface area contributed by atoms with Crippen LogP contribution in [0.2, 0.25) is 0 Å². The van der Waals surface area contributed by atoms with Gasteiger partial charge in [-0.1, -0.05) is 60.7 Å². The summed E-state index contributed by atoms with van der Waals surface area (Å²) in [5.41, 5.74) is 3.92. The summed E-state index contributed by atoms with van der Waals surface area (Å²) in [5.74, 6) is 0. The third kappa shape index (κ3) is 1.88. The number of nitrogens with zero attached hydrogens (tertiary/aromatic N) is 1. The topological polar surface area (TPSA) is 23.8 Å². The van der Waals surface area contributed by atoms with Crippen LogP contribution in [0.4, 0.5) is 0 Å². The molecule has 19 heavy (non-hydrogen) atoms. The molecule has 0 spiro atoms. The fourth-order valence-electron chi connectivity index (χ4n) is 2.50. The fraction of sp³-hybridized carbons (Fsp3) is 0.0556. The normalized spacial score (nSPS) is 10.3. The molecule has 0 N–H and O–H groups in total. The number of hydrogen-bond acceptors (Lipinski definition) is 1. The summed E-state index contributed by atoms with van der Waals surface area (Å²) in [4.78, 5) is 0. The van der Waals surface area contributed by atoms with Gasteiger partial charge in [0.25, 0.3) is 0 Å². The second-order valence-corrected chi connectivity index (χ2v) is 4.64. The van der Waals surface area contributed by atoms with Crippen LogP contribution in [-0.2, 0) is 0 Å². The van der Waals surface area contributed by atoms with Crippen molar-refractivity contribution in [1.82, 2.24) is 0 Å². The molecule has 0 radical (unpaired) electrons. The number of aryl methyl sites for hydroxylation is 1. The lowest BCUT2D eigenvalue weighted by atomic mass is 9.93. The van der Waals surface area contributed by atoms with Crippen molar-refractivity contribution in [2.45, 2.75) is 6.92 Å². The van der Waals surface area contributed by atoms with Crippen LogP contribution in [0, 0.1) is 18.3 Å². The molecule has 0 fully saturated rings. The Kier molecular flexibility index (Phi) is 2.78. The average molecular weight is 243 g/mol. The van der Waals surface area contributed by atoms with Gasteiger partial charge in [-0.3, -0.25) is 0 Å². The lowest BCUT2D eigenvalue weighted by Crippen LogP contribution is -1.89. The van der Waals surface area contributed by atoms with Gasteiger partial charge in [-0.15, -0.1) is 0 Å². The van der Waals surface area contributed by atoms with Crippen molar-refractivity contribution in [2.24, 2.45) is 0 Å². The van der Waals surface area contributed by atoms with Crippen molar-refractivity contribution in [3.05, 3.63) is 71.8 Å². The zero-order valence-electron chi connectivity index (χ0n) is 10.7. The highest BCUT2D eigenvalue weighted by atomic mass is 14.3. The number of nitriles is 1. The fourth-order valence-corrected chi connectivity index (χ4v) is 2.50. The van der Waals surface area contributed by atoms with E-state index in [9.17, 15) is 5.26 Å². The zero-order chi connectivity index (χ0) is 13.2. The van der Waals surface area contributed by atoms with Crippen LogP contribution in [0.15, 0.2) is 60.7 Å². The van der Waals surface area contributed by atoms with Crippen molar-refractivity contribution in [1.29, 1.82) is 5.26 Å². The summed E-state index contributed by atoms with van der Waals surface area (Å²) < 4.78 is 0. The van der Waals surface area contributed by atoms with Crippen LogP contribution in [-0.4, -0.2) is 0 Å². The molecule has 0 aliphatic carbocycles. The number of hydrogen-bond donors (Lipinski definition) is 0. The summed E-state index contributed by atoms with van der Waals surface area (Å²) in [5, 5.41) is 11.8. The maximum atomic E-state index is 9.38. The second-order valence-electron chi connectivity index (χ2n) is 4.64. The second kappa shape index (κ2) is 4.59. The molecule has 3 aromatic rings.